The highest BCUT2D eigenvalue weighted by Crippen LogP contribution is 2.41. The summed E-state index contributed by atoms with van der Waals surface area (Å²) >= 11 is 6.04. The van der Waals surface area contributed by atoms with Gasteiger partial charge in [-0.15, -0.1) is 0 Å². The Morgan fingerprint density at radius 2 is 2.31 bits per heavy atom. The first-order valence-corrected chi connectivity index (χ1v) is 5.98. The first-order chi connectivity index (χ1) is 7.48. The van der Waals surface area contributed by atoms with Crippen LogP contribution in [-0.4, -0.2) is 11.2 Å². The summed E-state index contributed by atoms with van der Waals surface area (Å²) in [6, 6.07) is 4.47. The topological polar surface area (TPSA) is 20.2 Å². The Balaban J connectivity index is 2.17. The van der Waals surface area contributed by atoms with E-state index >= 15 is 0 Å². The second-order valence-corrected chi connectivity index (χ2v) is 5.53. The van der Waals surface area contributed by atoms with Gasteiger partial charge in [-0.1, -0.05) is 18.5 Å². The van der Waals surface area contributed by atoms with Crippen molar-refractivity contribution in [2.75, 3.05) is 0 Å². The van der Waals surface area contributed by atoms with Crippen LogP contribution in [0.4, 0.5) is 4.39 Å². The number of hydrogen-bond donors (Lipinski definition) is 1. The molecule has 1 aliphatic rings. The Morgan fingerprint density at radius 3 is 2.94 bits per heavy atom. The van der Waals surface area contributed by atoms with Gasteiger partial charge in [0.25, 0.3) is 0 Å². The average Bonchev–Trinajstić information content (AvgIpc) is 2.52. The van der Waals surface area contributed by atoms with Gasteiger partial charge in [0.1, 0.15) is 5.82 Å². The van der Waals surface area contributed by atoms with E-state index in [2.05, 4.69) is 6.92 Å². The molecule has 0 bridgehead atoms. The van der Waals surface area contributed by atoms with Crippen LogP contribution in [0.15, 0.2) is 18.2 Å². The average molecular weight is 243 g/mol. The van der Waals surface area contributed by atoms with Crippen molar-refractivity contribution in [2.24, 2.45) is 5.41 Å². The van der Waals surface area contributed by atoms with Crippen molar-refractivity contribution >= 4 is 11.6 Å². The minimum atomic E-state index is -0.249. The first-order valence-electron chi connectivity index (χ1n) is 5.60. The first kappa shape index (κ1) is 11.9. The summed E-state index contributed by atoms with van der Waals surface area (Å²) < 4.78 is 13.1. The lowest BCUT2D eigenvalue weighted by Crippen LogP contribution is -2.17. The number of aliphatic hydroxyl groups excluding tert-OH is 1. The van der Waals surface area contributed by atoms with Gasteiger partial charge in [-0.2, -0.15) is 0 Å². The highest BCUT2D eigenvalue weighted by Gasteiger charge is 2.34. The molecule has 0 aromatic heterocycles. The van der Waals surface area contributed by atoms with E-state index in [4.69, 9.17) is 11.6 Å². The number of rotatable bonds is 2. The van der Waals surface area contributed by atoms with Crippen LogP contribution in [0.2, 0.25) is 5.02 Å². The molecule has 0 aliphatic heterocycles. The fourth-order valence-corrected chi connectivity index (χ4v) is 2.77. The van der Waals surface area contributed by atoms with Gasteiger partial charge in [0.2, 0.25) is 0 Å². The van der Waals surface area contributed by atoms with E-state index in [0.717, 1.165) is 31.2 Å². The maximum atomic E-state index is 13.1. The molecule has 16 heavy (non-hydrogen) atoms. The van der Waals surface area contributed by atoms with Crippen LogP contribution in [0.5, 0.6) is 0 Å². The summed E-state index contributed by atoms with van der Waals surface area (Å²) in [5, 5.41) is 10.2. The van der Waals surface area contributed by atoms with Crippen LogP contribution >= 0.6 is 11.6 Å². The maximum Gasteiger partial charge on any atom is 0.123 e. The zero-order chi connectivity index (χ0) is 11.8. The number of halogens is 2. The molecule has 3 heteroatoms. The summed E-state index contributed by atoms with van der Waals surface area (Å²) in [5.74, 6) is -0.249. The summed E-state index contributed by atoms with van der Waals surface area (Å²) in [6.07, 6.45) is 3.11. The van der Waals surface area contributed by atoms with E-state index in [1.165, 1.54) is 12.1 Å². The lowest BCUT2D eigenvalue weighted by molar-refractivity contribution is 0.163. The predicted molar refractivity (Wildman–Crippen MR) is 63.1 cm³/mol. The third-order valence-corrected chi connectivity index (χ3v) is 3.80. The molecule has 1 aliphatic carbocycles. The minimum absolute atomic E-state index is 0.0524. The number of hydrogen-bond acceptors (Lipinski definition) is 1. The van der Waals surface area contributed by atoms with Crippen LogP contribution in [0.3, 0.4) is 0 Å². The fourth-order valence-electron chi connectivity index (χ4n) is 2.59. The molecule has 88 valence electrons. The van der Waals surface area contributed by atoms with Crippen LogP contribution in [0.1, 0.15) is 31.7 Å². The van der Waals surface area contributed by atoms with Crippen molar-refractivity contribution in [3.8, 4) is 0 Å². The molecule has 0 radical (unpaired) electrons. The Labute approximate surface area is 100 Å². The number of benzene rings is 1. The molecule has 0 amide bonds. The summed E-state index contributed by atoms with van der Waals surface area (Å²) in [4.78, 5) is 0. The van der Waals surface area contributed by atoms with Gasteiger partial charge >= 0.3 is 0 Å². The van der Waals surface area contributed by atoms with Gasteiger partial charge in [-0.25, -0.2) is 4.39 Å². The highest BCUT2D eigenvalue weighted by molar-refractivity contribution is 6.31. The summed E-state index contributed by atoms with van der Waals surface area (Å²) in [6.45, 7) is 2.13. The Hall–Kier alpha value is -0.600. The summed E-state index contributed by atoms with van der Waals surface area (Å²) in [5.41, 5.74) is 0.898. The quantitative estimate of drug-likeness (QED) is 0.841. The third-order valence-electron chi connectivity index (χ3n) is 3.43. The van der Waals surface area contributed by atoms with Crippen LogP contribution < -0.4 is 0 Å². The van der Waals surface area contributed by atoms with Crippen LogP contribution in [0.25, 0.3) is 0 Å². The zero-order valence-electron chi connectivity index (χ0n) is 9.34. The molecule has 0 heterocycles. The second-order valence-electron chi connectivity index (χ2n) is 5.12. The molecule has 1 saturated carbocycles. The largest absolute Gasteiger partial charge is 0.393 e. The van der Waals surface area contributed by atoms with Gasteiger partial charge in [0.05, 0.1) is 6.10 Å². The zero-order valence-corrected chi connectivity index (χ0v) is 10.1. The minimum Gasteiger partial charge on any atom is -0.393 e. The summed E-state index contributed by atoms with van der Waals surface area (Å²) in [7, 11) is 0. The molecule has 1 aromatic carbocycles. The normalized spacial score (nSPS) is 29.6. The van der Waals surface area contributed by atoms with Crippen molar-refractivity contribution < 1.29 is 9.50 Å². The molecule has 2 atom stereocenters. The van der Waals surface area contributed by atoms with Gasteiger partial charge in [-0.3, -0.25) is 0 Å². The lowest BCUT2D eigenvalue weighted by Gasteiger charge is -2.24. The molecular formula is C13H16ClFO. The van der Waals surface area contributed by atoms with Gasteiger partial charge < -0.3 is 5.11 Å². The molecule has 1 aromatic rings. The van der Waals surface area contributed by atoms with Crippen molar-refractivity contribution in [1.29, 1.82) is 0 Å². The van der Waals surface area contributed by atoms with Crippen molar-refractivity contribution in [1.82, 2.24) is 0 Å². The highest BCUT2D eigenvalue weighted by atomic mass is 35.5. The second kappa shape index (κ2) is 4.34. The Kier molecular flexibility index (Phi) is 3.22. The van der Waals surface area contributed by atoms with Gasteiger partial charge in [-0.05, 0) is 54.9 Å². The van der Waals surface area contributed by atoms with Crippen molar-refractivity contribution in [2.45, 2.75) is 38.7 Å². The monoisotopic (exact) mass is 242 g/mol. The van der Waals surface area contributed by atoms with Crippen LogP contribution in [-0.2, 0) is 6.42 Å². The van der Waals surface area contributed by atoms with E-state index in [0.29, 0.717) is 5.02 Å². The molecular weight excluding hydrogens is 227 g/mol. The molecule has 0 saturated heterocycles. The van der Waals surface area contributed by atoms with E-state index in [1.54, 1.807) is 6.07 Å². The van der Waals surface area contributed by atoms with E-state index in [1.807, 2.05) is 0 Å². The predicted octanol–water partition coefficient (Wildman–Crippen LogP) is 3.57. The Bertz CT molecular complexity index is 394. The maximum absolute atomic E-state index is 13.1. The molecule has 2 unspecified atom stereocenters. The third kappa shape index (κ3) is 2.55. The Morgan fingerprint density at radius 1 is 1.56 bits per heavy atom. The fraction of sp³-hybridized carbons (Fsp3) is 0.538. The van der Waals surface area contributed by atoms with Crippen LogP contribution in [0, 0.1) is 11.2 Å². The number of aliphatic hydroxyl groups is 1. The van der Waals surface area contributed by atoms with Gasteiger partial charge in [0, 0.05) is 5.02 Å². The van der Waals surface area contributed by atoms with Crippen molar-refractivity contribution in [3.63, 3.8) is 0 Å². The molecule has 2 rings (SSSR count). The van der Waals surface area contributed by atoms with Gasteiger partial charge in [0.15, 0.2) is 0 Å². The standard InChI is InChI=1S/C13H16ClFO/c1-13(5-4-11(16)8-13)7-9-6-10(15)2-3-12(9)14/h2-3,6,11,16H,4-5,7-8H2,1H3. The van der Waals surface area contributed by atoms with Crippen molar-refractivity contribution in [3.05, 3.63) is 34.6 Å². The molecule has 0 spiro atoms. The molecule has 1 nitrogen and oxygen atoms in total. The van der Waals surface area contributed by atoms with E-state index in [-0.39, 0.29) is 17.3 Å². The smallest absolute Gasteiger partial charge is 0.123 e. The SMILES string of the molecule is CC1(Cc2cc(F)ccc2Cl)CCC(O)C1. The molecule has 1 fully saturated rings. The van der Waals surface area contributed by atoms with E-state index < -0.39 is 0 Å². The van der Waals surface area contributed by atoms with E-state index in [9.17, 15) is 9.50 Å². The molecule has 1 N–H and O–H groups in total. The lowest BCUT2D eigenvalue weighted by atomic mass is 9.82.